The molecule has 1 saturated heterocycles. The van der Waals surface area contributed by atoms with Crippen LogP contribution in [-0.4, -0.2) is 42.9 Å². The zero-order valence-electron chi connectivity index (χ0n) is 14.8. The molecule has 0 atom stereocenters. The summed E-state index contributed by atoms with van der Waals surface area (Å²) >= 11 is 0. The first kappa shape index (κ1) is 18.8. The average Bonchev–Trinajstić information content (AvgIpc) is 2.68. The van der Waals surface area contributed by atoms with Crippen LogP contribution in [0.2, 0.25) is 0 Å². The maximum atomic E-state index is 13.0. The minimum atomic E-state index is -0.356. The van der Waals surface area contributed by atoms with Crippen molar-refractivity contribution in [2.75, 3.05) is 31.1 Å². The van der Waals surface area contributed by atoms with Crippen LogP contribution in [0, 0.1) is 11.6 Å². The van der Waals surface area contributed by atoms with Crippen molar-refractivity contribution in [1.82, 2.24) is 10.2 Å². The Hall–Kier alpha value is -2.96. The number of hydrogen-bond donors (Lipinski definition) is 1. The van der Waals surface area contributed by atoms with Crippen molar-refractivity contribution in [3.05, 3.63) is 65.7 Å². The highest BCUT2D eigenvalue weighted by Crippen LogP contribution is 2.17. The lowest BCUT2D eigenvalue weighted by Gasteiger charge is -2.36. The van der Waals surface area contributed by atoms with E-state index in [0.29, 0.717) is 26.2 Å². The van der Waals surface area contributed by atoms with E-state index in [1.54, 1.807) is 29.2 Å². The summed E-state index contributed by atoms with van der Waals surface area (Å²) in [6.07, 6.45) is -0.211. The monoisotopic (exact) mass is 373 g/mol. The Labute approximate surface area is 156 Å². The Kier molecular flexibility index (Phi) is 6.01. The minimum Gasteiger partial charge on any atom is -0.368 e. The summed E-state index contributed by atoms with van der Waals surface area (Å²) in [7, 11) is 0. The number of piperazine rings is 1. The van der Waals surface area contributed by atoms with E-state index in [1.165, 1.54) is 24.3 Å². The number of benzene rings is 2. The molecule has 1 aliphatic rings. The van der Waals surface area contributed by atoms with Crippen molar-refractivity contribution in [1.29, 1.82) is 0 Å². The van der Waals surface area contributed by atoms with Crippen LogP contribution in [0.15, 0.2) is 48.5 Å². The maximum Gasteiger partial charge on any atom is 0.232 e. The molecule has 0 aliphatic carbocycles. The zero-order valence-corrected chi connectivity index (χ0v) is 14.8. The molecule has 7 heteroatoms. The Morgan fingerprint density at radius 1 is 0.852 bits per heavy atom. The largest absolute Gasteiger partial charge is 0.368 e. The third-order valence-electron chi connectivity index (χ3n) is 4.54. The molecule has 0 saturated carbocycles. The summed E-state index contributed by atoms with van der Waals surface area (Å²) in [5.74, 6) is -1.19. The van der Waals surface area contributed by atoms with Gasteiger partial charge in [0.2, 0.25) is 11.8 Å². The Morgan fingerprint density at radius 3 is 2.00 bits per heavy atom. The summed E-state index contributed by atoms with van der Waals surface area (Å²) in [6, 6.07) is 12.1. The molecule has 0 aromatic heterocycles. The first-order valence-electron chi connectivity index (χ1n) is 8.81. The number of nitrogens with one attached hydrogen (secondary N) is 1. The van der Waals surface area contributed by atoms with E-state index in [4.69, 9.17) is 0 Å². The van der Waals surface area contributed by atoms with E-state index in [2.05, 4.69) is 10.2 Å². The molecule has 0 spiro atoms. The van der Waals surface area contributed by atoms with Crippen LogP contribution in [0.3, 0.4) is 0 Å². The van der Waals surface area contributed by atoms with Gasteiger partial charge in [-0.3, -0.25) is 9.59 Å². The summed E-state index contributed by atoms with van der Waals surface area (Å²) in [5, 5.41) is 2.67. The lowest BCUT2D eigenvalue weighted by molar-refractivity contribution is -0.136. The first-order chi connectivity index (χ1) is 13.0. The van der Waals surface area contributed by atoms with Crippen molar-refractivity contribution < 1.29 is 18.4 Å². The fourth-order valence-electron chi connectivity index (χ4n) is 2.98. The topological polar surface area (TPSA) is 52.7 Å². The highest BCUT2D eigenvalue weighted by Gasteiger charge is 2.22. The molecule has 1 heterocycles. The van der Waals surface area contributed by atoms with Gasteiger partial charge in [0.15, 0.2) is 0 Å². The van der Waals surface area contributed by atoms with Crippen LogP contribution in [0.1, 0.15) is 12.0 Å². The number of anilines is 1. The Morgan fingerprint density at radius 2 is 1.41 bits per heavy atom. The van der Waals surface area contributed by atoms with Gasteiger partial charge in [0, 0.05) is 38.4 Å². The fraction of sp³-hybridized carbons (Fsp3) is 0.300. The molecule has 0 bridgehead atoms. The molecule has 142 valence electrons. The van der Waals surface area contributed by atoms with Gasteiger partial charge in [-0.05, 0) is 42.0 Å². The Bertz CT molecular complexity index is 786. The van der Waals surface area contributed by atoms with Gasteiger partial charge in [-0.25, -0.2) is 8.78 Å². The highest BCUT2D eigenvalue weighted by molar-refractivity contribution is 5.96. The van der Waals surface area contributed by atoms with E-state index >= 15 is 0 Å². The second kappa shape index (κ2) is 8.62. The van der Waals surface area contributed by atoms with Crippen LogP contribution in [0.25, 0.3) is 0 Å². The molecule has 1 fully saturated rings. The van der Waals surface area contributed by atoms with Crippen LogP contribution in [-0.2, 0) is 16.1 Å². The third-order valence-corrected chi connectivity index (χ3v) is 4.54. The molecular formula is C20H21F2N3O2. The van der Waals surface area contributed by atoms with Gasteiger partial charge in [0.1, 0.15) is 18.1 Å². The van der Waals surface area contributed by atoms with Gasteiger partial charge in [-0.1, -0.05) is 12.1 Å². The molecule has 2 aromatic rings. The molecule has 3 rings (SSSR count). The standard InChI is InChI=1S/C20H21F2N3O2/c21-16-3-1-15(2-4-16)14-23-19(26)13-20(27)25-11-9-24(10-12-25)18-7-5-17(22)6-8-18/h1-8H,9-14H2,(H,23,26). The van der Waals surface area contributed by atoms with Gasteiger partial charge in [0.25, 0.3) is 0 Å². The fourth-order valence-corrected chi connectivity index (χ4v) is 2.98. The van der Waals surface area contributed by atoms with Gasteiger partial charge in [-0.15, -0.1) is 0 Å². The molecule has 27 heavy (non-hydrogen) atoms. The zero-order chi connectivity index (χ0) is 19.2. The molecule has 5 nitrogen and oxygen atoms in total. The van der Waals surface area contributed by atoms with E-state index in [-0.39, 0.29) is 36.4 Å². The van der Waals surface area contributed by atoms with Crippen LogP contribution < -0.4 is 10.2 Å². The average molecular weight is 373 g/mol. The van der Waals surface area contributed by atoms with Gasteiger partial charge < -0.3 is 15.1 Å². The SMILES string of the molecule is O=C(CC(=O)N1CCN(c2ccc(F)cc2)CC1)NCc1ccc(F)cc1. The predicted octanol–water partition coefficient (Wildman–Crippen LogP) is 2.32. The smallest absolute Gasteiger partial charge is 0.232 e. The number of nitrogens with zero attached hydrogens (tertiary/aromatic N) is 2. The second-order valence-electron chi connectivity index (χ2n) is 6.42. The number of carbonyl (C=O) groups is 2. The van der Waals surface area contributed by atoms with Crippen LogP contribution in [0.5, 0.6) is 0 Å². The third kappa shape index (κ3) is 5.26. The molecule has 0 radical (unpaired) electrons. The quantitative estimate of drug-likeness (QED) is 0.819. The molecule has 1 aliphatic heterocycles. The van der Waals surface area contributed by atoms with Gasteiger partial charge in [-0.2, -0.15) is 0 Å². The predicted molar refractivity (Wildman–Crippen MR) is 98.1 cm³/mol. The number of amides is 2. The Balaban J connectivity index is 1.42. The summed E-state index contributed by atoms with van der Waals surface area (Å²) in [4.78, 5) is 28.0. The molecular weight excluding hydrogens is 352 g/mol. The minimum absolute atomic E-state index is 0.211. The lowest BCUT2D eigenvalue weighted by Crippen LogP contribution is -2.49. The van der Waals surface area contributed by atoms with Crippen molar-refractivity contribution >= 4 is 17.5 Å². The summed E-state index contributed by atoms with van der Waals surface area (Å²) < 4.78 is 25.9. The second-order valence-corrected chi connectivity index (χ2v) is 6.42. The van der Waals surface area contributed by atoms with E-state index < -0.39 is 0 Å². The number of hydrogen-bond acceptors (Lipinski definition) is 3. The molecule has 2 aromatic carbocycles. The van der Waals surface area contributed by atoms with Crippen LogP contribution in [0.4, 0.5) is 14.5 Å². The van der Waals surface area contributed by atoms with Crippen molar-refractivity contribution in [3.63, 3.8) is 0 Å². The summed E-state index contributed by atoms with van der Waals surface area (Å²) in [5.41, 5.74) is 1.69. The summed E-state index contributed by atoms with van der Waals surface area (Å²) in [6.45, 7) is 2.55. The number of halogens is 2. The van der Waals surface area contributed by atoms with E-state index in [9.17, 15) is 18.4 Å². The van der Waals surface area contributed by atoms with E-state index in [1.807, 2.05) is 0 Å². The van der Waals surface area contributed by atoms with Crippen molar-refractivity contribution in [2.45, 2.75) is 13.0 Å². The number of carbonyl (C=O) groups excluding carboxylic acids is 2. The molecule has 1 N–H and O–H groups in total. The highest BCUT2D eigenvalue weighted by atomic mass is 19.1. The van der Waals surface area contributed by atoms with Crippen molar-refractivity contribution in [3.8, 4) is 0 Å². The normalized spacial score (nSPS) is 14.1. The first-order valence-corrected chi connectivity index (χ1v) is 8.81. The van der Waals surface area contributed by atoms with Gasteiger partial charge >= 0.3 is 0 Å². The maximum absolute atomic E-state index is 13.0. The van der Waals surface area contributed by atoms with Gasteiger partial charge in [0.05, 0.1) is 0 Å². The number of rotatable bonds is 5. The molecule has 0 unspecified atom stereocenters. The lowest BCUT2D eigenvalue weighted by atomic mass is 10.2. The van der Waals surface area contributed by atoms with Crippen molar-refractivity contribution in [2.24, 2.45) is 0 Å². The van der Waals surface area contributed by atoms with E-state index in [0.717, 1.165) is 11.3 Å². The van der Waals surface area contributed by atoms with Crippen LogP contribution >= 0.6 is 0 Å². The molecule has 2 amide bonds.